The van der Waals surface area contributed by atoms with E-state index < -0.39 is 0 Å². The molecule has 0 saturated carbocycles. The Balaban J connectivity index is 1.96. The smallest absolute Gasteiger partial charge is 0.256 e. The Morgan fingerprint density at radius 1 is 1.19 bits per heavy atom. The molecule has 0 fully saturated rings. The highest BCUT2D eigenvalue weighted by Gasteiger charge is 2.29. The first-order chi connectivity index (χ1) is 12.8. The second-order valence-corrected chi connectivity index (χ2v) is 7.68. The van der Waals surface area contributed by atoms with E-state index in [0.29, 0.717) is 45.8 Å². The number of amides is 1. The SMILES string of the molecule is Cc1cc(F)ccc1Oc1ccc2c(c1)C(=O)N(C(C)C(C)C)CC(=S)N2. The van der Waals surface area contributed by atoms with Gasteiger partial charge in [0.2, 0.25) is 0 Å². The van der Waals surface area contributed by atoms with Crippen LogP contribution in [0.2, 0.25) is 0 Å². The van der Waals surface area contributed by atoms with Gasteiger partial charge in [-0.05, 0) is 61.7 Å². The molecule has 2 aromatic carbocycles. The van der Waals surface area contributed by atoms with Crippen LogP contribution in [0.15, 0.2) is 36.4 Å². The van der Waals surface area contributed by atoms with E-state index in [2.05, 4.69) is 19.2 Å². The summed E-state index contributed by atoms with van der Waals surface area (Å²) in [6.45, 7) is 8.35. The van der Waals surface area contributed by atoms with Crippen LogP contribution in [0.25, 0.3) is 0 Å². The van der Waals surface area contributed by atoms with Gasteiger partial charge in [0.15, 0.2) is 0 Å². The lowest BCUT2D eigenvalue weighted by atomic mass is 10.0. The van der Waals surface area contributed by atoms with Gasteiger partial charge in [-0.15, -0.1) is 0 Å². The molecule has 1 amide bonds. The number of ether oxygens (including phenoxy) is 1. The predicted octanol–water partition coefficient (Wildman–Crippen LogP) is 5.17. The first kappa shape index (κ1) is 19.3. The largest absolute Gasteiger partial charge is 0.457 e. The standard InChI is InChI=1S/C21H23FN2O2S/c1-12(2)14(4)24-11-20(27)23-18-7-6-16(10-17(18)21(24)25)26-19-8-5-15(22)9-13(19)3/h5-10,12,14H,11H2,1-4H3,(H,23,27). The molecule has 142 valence electrons. The van der Waals surface area contributed by atoms with Crippen molar-refractivity contribution in [2.24, 2.45) is 5.92 Å². The number of anilines is 1. The highest BCUT2D eigenvalue weighted by Crippen LogP contribution is 2.31. The maximum absolute atomic E-state index is 13.3. The Kier molecular flexibility index (Phi) is 5.46. The molecule has 1 atom stereocenters. The summed E-state index contributed by atoms with van der Waals surface area (Å²) >= 11 is 5.40. The lowest BCUT2D eigenvalue weighted by molar-refractivity contribution is 0.0688. The highest BCUT2D eigenvalue weighted by molar-refractivity contribution is 7.80. The number of carbonyl (C=O) groups is 1. The number of halogens is 1. The number of aryl methyl sites for hydroxylation is 1. The van der Waals surface area contributed by atoms with Crippen LogP contribution in [0.1, 0.15) is 36.7 Å². The molecule has 2 aromatic rings. The first-order valence-electron chi connectivity index (χ1n) is 8.95. The van der Waals surface area contributed by atoms with Crippen molar-refractivity contribution in [1.29, 1.82) is 0 Å². The van der Waals surface area contributed by atoms with Crippen LogP contribution in [0.3, 0.4) is 0 Å². The fourth-order valence-corrected chi connectivity index (χ4v) is 3.24. The monoisotopic (exact) mass is 386 g/mol. The molecular weight excluding hydrogens is 363 g/mol. The van der Waals surface area contributed by atoms with E-state index in [1.54, 1.807) is 36.1 Å². The second kappa shape index (κ2) is 7.64. The fraction of sp³-hybridized carbons (Fsp3) is 0.333. The summed E-state index contributed by atoms with van der Waals surface area (Å²) in [7, 11) is 0. The molecule has 1 unspecified atom stereocenters. The molecule has 0 spiro atoms. The van der Waals surface area contributed by atoms with Crippen LogP contribution >= 0.6 is 12.2 Å². The minimum absolute atomic E-state index is 0.0483. The van der Waals surface area contributed by atoms with Crippen molar-refractivity contribution in [1.82, 2.24) is 4.90 Å². The minimum Gasteiger partial charge on any atom is -0.457 e. The first-order valence-corrected chi connectivity index (χ1v) is 9.36. The molecule has 0 bridgehead atoms. The van der Waals surface area contributed by atoms with Gasteiger partial charge in [-0.3, -0.25) is 4.79 Å². The quantitative estimate of drug-likeness (QED) is 0.737. The van der Waals surface area contributed by atoms with Gasteiger partial charge in [0.25, 0.3) is 5.91 Å². The van der Waals surface area contributed by atoms with Crippen molar-refractivity contribution in [2.75, 3.05) is 11.9 Å². The van der Waals surface area contributed by atoms with E-state index in [0.717, 1.165) is 0 Å². The molecule has 0 aromatic heterocycles. The third kappa shape index (κ3) is 4.11. The number of thiocarbonyl (C=S) groups is 1. The van der Waals surface area contributed by atoms with E-state index in [1.807, 2.05) is 6.92 Å². The van der Waals surface area contributed by atoms with Gasteiger partial charge in [0.05, 0.1) is 22.8 Å². The number of fused-ring (bicyclic) bond motifs is 1. The third-order valence-corrected chi connectivity index (χ3v) is 5.12. The molecule has 0 saturated heterocycles. The predicted molar refractivity (Wildman–Crippen MR) is 109 cm³/mol. The molecule has 6 heteroatoms. The lowest BCUT2D eigenvalue weighted by Gasteiger charge is -2.30. The normalized spacial score (nSPS) is 15.3. The summed E-state index contributed by atoms with van der Waals surface area (Å²) in [6, 6.07) is 9.66. The number of hydrogen-bond donors (Lipinski definition) is 1. The van der Waals surface area contributed by atoms with Crippen LogP contribution in [0.4, 0.5) is 10.1 Å². The van der Waals surface area contributed by atoms with E-state index in [4.69, 9.17) is 17.0 Å². The molecular formula is C21H23FN2O2S. The van der Waals surface area contributed by atoms with Crippen molar-refractivity contribution in [2.45, 2.75) is 33.7 Å². The van der Waals surface area contributed by atoms with Gasteiger partial charge in [-0.2, -0.15) is 0 Å². The molecule has 27 heavy (non-hydrogen) atoms. The van der Waals surface area contributed by atoms with Crippen LogP contribution in [0.5, 0.6) is 11.5 Å². The number of hydrogen-bond acceptors (Lipinski definition) is 3. The number of nitrogens with zero attached hydrogens (tertiary/aromatic N) is 1. The Labute approximate surface area is 164 Å². The minimum atomic E-state index is -0.312. The van der Waals surface area contributed by atoms with Crippen molar-refractivity contribution >= 4 is 28.8 Å². The summed E-state index contributed by atoms with van der Waals surface area (Å²) in [5, 5.41) is 3.15. The number of nitrogens with one attached hydrogen (secondary N) is 1. The van der Waals surface area contributed by atoms with E-state index >= 15 is 0 Å². The third-order valence-electron chi connectivity index (χ3n) is 4.89. The van der Waals surface area contributed by atoms with Gasteiger partial charge >= 0.3 is 0 Å². The van der Waals surface area contributed by atoms with E-state index in [1.165, 1.54) is 12.1 Å². The van der Waals surface area contributed by atoms with E-state index in [-0.39, 0.29) is 17.8 Å². The molecule has 1 heterocycles. The highest BCUT2D eigenvalue weighted by atomic mass is 32.1. The van der Waals surface area contributed by atoms with Crippen molar-refractivity contribution in [3.8, 4) is 11.5 Å². The Morgan fingerprint density at radius 3 is 2.59 bits per heavy atom. The summed E-state index contributed by atoms with van der Waals surface area (Å²) in [5.74, 6) is 0.976. The summed E-state index contributed by atoms with van der Waals surface area (Å²) in [4.78, 5) is 15.6. The summed E-state index contributed by atoms with van der Waals surface area (Å²) in [5.41, 5.74) is 1.87. The van der Waals surface area contributed by atoms with Gasteiger partial charge in [0.1, 0.15) is 17.3 Å². The van der Waals surface area contributed by atoms with Crippen LogP contribution in [-0.4, -0.2) is 28.4 Å². The molecule has 1 N–H and O–H groups in total. The van der Waals surface area contributed by atoms with Gasteiger partial charge in [-0.25, -0.2) is 4.39 Å². The van der Waals surface area contributed by atoms with E-state index in [9.17, 15) is 9.18 Å². The molecule has 1 aliphatic rings. The molecule has 0 aliphatic carbocycles. The Morgan fingerprint density at radius 2 is 1.93 bits per heavy atom. The van der Waals surface area contributed by atoms with Gasteiger partial charge in [0, 0.05) is 6.04 Å². The zero-order valence-electron chi connectivity index (χ0n) is 15.9. The number of carbonyl (C=O) groups excluding carboxylic acids is 1. The average molecular weight is 386 g/mol. The van der Waals surface area contributed by atoms with Gasteiger partial charge in [-0.1, -0.05) is 26.1 Å². The Hall–Kier alpha value is -2.47. The summed E-state index contributed by atoms with van der Waals surface area (Å²) < 4.78 is 19.2. The molecule has 0 radical (unpaired) electrons. The summed E-state index contributed by atoms with van der Waals surface area (Å²) in [6.07, 6.45) is 0. The fourth-order valence-electron chi connectivity index (χ4n) is 2.99. The van der Waals surface area contributed by atoms with Crippen LogP contribution in [0, 0.1) is 18.7 Å². The maximum Gasteiger partial charge on any atom is 0.256 e. The number of benzene rings is 2. The molecule has 3 rings (SSSR count). The topological polar surface area (TPSA) is 41.6 Å². The van der Waals surface area contributed by atoms with Crippen LogP contribution < -0.4 is 10.1 Å². The average Bonchev–Trinajstić information content (AvgIpc) is 2.73. The molecule has 4 nitrogen and oxygen atoms in total. The molecule has 1 aliphatic heterocycles. The van der Waals surface area contributed by atoms with Crippen molar-refractivity contribution < 1.29 is 13.9 Å². The zero-order chi connectivity index (χ0) is 19.7. The Bertz CT molecular complexity index is 898. The zero-order valence-corrected chi connectivity index (χ0v) is 16.7. The maximum atomic E-state index is 13.3. The van der Waals surface area contributed by atoms with Crippen molar-refractivity contribution in [3.05, 3.63) is 53.3 Å². The van der Waals surface area contributed by atoms with Crippen LogP contribution in [-0.2, 0) is 0 Å². The second-order valence-electron chi connectivity index (χ2n) is 7.19. The van der Waals surface area contributed by atoms with Gasteiger partial charge < -0.3 is 15.0 Å². The van der Waals surface area contributed by atoms with Crippen molar-refractivity contribution in [3.63, 3.8) is 0 Å². The number of rotatable bonds is 4. The lowest BCUT2D eigenvalue weighted by Crippen LogP contribution is -2.43.